The Morgan fingerprint density at radius 2 is 2.30 bits per heavy atom. The number of ether oxygens (including phenoxy) is 1. The minimum atomic E-state index is -0.667. The van der Waals surface area contributed by atoms with E-state index in [0.717, 1.165) is 18.7 Å². The zero-order chi connectivity index (χ0) is 14.7. The maximum Gasteiger partial charge on any atom is 0.315 e. The van der Waals surface area contributed by atoms with Crippen molar-refractivity contribution in [1.29, 1.82) is 0 Å². The van der Waals surface area contributed by atoms with E-state index in [4.69, 9.17) is 4.74 Å². The lowest BCUT2D eigenvalue weighted by Gasteiger charge is -2.14. The molecule has 1 aliphatic carbocycles. The molecule has 1 aromatic rings. The first-order chi connectivity index (χ1) is 9.47. The molecule has 1 aromatic carbocycles. The third-order valence-electron chi connectivity index (χ3n) is 3.03. The van der Waals surface area contributed by atoms with Crippen molar-refractivity contribution < 1.29 is 14.1 Å². The van der Waals surface area contributed by atoms with Gasteiger partial charge in [0.25, 0.3) is 0 Å². The number of nitrogens with one attached hydrogen (secondary N) is 1. The van der Waals surface area contributed by atoms with Crippen LogP contribution in [0.1, 0.15) is 19.8 Å². The van der Waals surface area contributed by atoms with E-state index in [1.807, 2.05) is 6.92 Å². The van der Waals surface area contributed by atoms with E-state index in [1.165, 1.54) is 12.8 Å². The molecule has 0 aliphatic heterocycles. The van der Waals surface area contributed by atoms with Crippen LogP contribution in [0.2, 0.25) is 0 Å². The second-order valence-corrected chi connectivity index (χ2v) is 5.95. The average molecular weight is 347 g/mol. The molecule has 1 atom stereocenters. The summed E-state index contributed by atoms with van der Waals surface area (Å²) in [5, 5.41) is 14.3. The highest BCUT2D eigenvalue weighted by molar-refractivity contribution is 9.10. The van der Waals surface area contributed by atoms with Crippen LogP contribution in [0.3, 0.4) is 0 Å². The second-order valence-electron chi connectivity index (χ2n) is 5.09. The predicted octanol–water partition coefficient (Wildman–Crippen LogP) is 3.26. The molecule has 20 heavy (non-hydrogen) atoms. The lowest BCUT2D eigenvalue weighted by molar-refractivity contribution is -0.386. The van der Waals surface area contributed by atoms with Crippen LogP contribution in [0.25, 0.3) is 0 Å². The predicted molar refractivity (Wildman–Crippen MR) is 76.4 cm³/mol. The van der Waals surface area contributed by atoms with Crippen LogP contribution in [-0.2, 0) is 0 Å². The van der Waals surface area contributed by atoms with E-state index < -0.39 is 10.7 Å². The minimum absolute atomic E-state index is 0.0784. The van der Waals surface area contributed by atoms with Crippen molar-refractivity contribution in [1.82, 2.24) is 5.32 Å². The SMILES string of the molecule is CC(CNC1CC1)COc1c(Br)cc(F)cc1[N+](=O)[O-]. The standard InChI is InChI=1S/C13H16BrFN2O3/c1-8(6-16-10-2-3-10)7-20-13-11(14)4-9(15)5-12(13)17(18)19/h4-5,8,10,16H,2-3,6-7H2,1H3. The van der Waals surface area contributed by atoms with Gasteiger partial charge in [-0.1, -0.05) is 6.92 Å². The highest BCUT2D eigenvalue weighted by Gasteiger charge is 2.23. The molecule has 0 spiro atoms. The van der Waals surface area contributed by atoms with Crippen LogP contribution in [0.15, 0.2) is 16.6 Å². The lowest BCUT2D eigenvalue weighted by Crippen LogP contribution is -2.26. The van der Waals surface area contributed by atoms with Crippen LogP contribution in [0, 0.1) is 21.8 Å². The maximum atomic E-state index is 13.2. The summed E-state index contributed by atoms with van der Waals surface area (Å²) in [6.07, 6.45) is 2.42. The molecule has 0 bridgehead atoms. The third-order valence-corrected chi connectivity index (χ3v) is 3.62. The highest BCUT2D eigenvalue weighted by Crippen LogP contribution is 2.36. The van der Waals surface area contributed by atoms with Gasteiger partial charge in [0.05, 0.1) is 22.1 Å². The van der Waals surface area contributed by atoms with Crippen LogP contribution in [-0.4, -0.2) is 24.1 Å². The number of hydrogen-bond donors (Lipinski definition) is 1. The molecule has 1 unspecified atom stereocenters. The van der Waals surface area contributed by atoms with Gasteiger partial charge in [-0.15, -0.1) is 0 Å². The van der Waals surface area contributed by atoms with Crippen molar-refractivity contribution in [2.24, 2.45) is 5.92 Å². The summed E-state index contributed by atoms with van der Waals surface area (Å²) in [7, 11) is 0. The molecule has 1 saturated carbocycles. The summed E-state index contributed by atoms with van der Waals surface area (Å²) in [5.74, 6) is -0.374. The third kappa shape index (κ3) is 4.14. The maximum absolute atomic E-state index is 13.2. The monoisotopic (exact) mass is 346 g/mol. The molecule has 7 heteroatoms. The van der Waals surface area contributed by atoms with E-state index in [-0.39, 0.29) is 21.8 Å². The number of nitro groups is 1. The minimum Gasteiger partial charge on any atom is -0.486 e. The molecule has 5 nitrogen and oxygen atoms in total. The number of halogens is 2. The molecule has 1 N–H and O–H groups in total. The Kier molecular flexibility index (Phi) is 4.93. The largest absolute Gasteiger partial charge is 0.486 e. The Balaban J connectivity index is 1.98. The Morgan fingerprint density at radius 1 is 1.60 bits per heavy atom. The Labute approximate surface area is 124 Å². The van der Waals surface area contributed by atoms with Crippen molar-refractivity contribution in [3.05, 3.63) is 32.5 Å². The van der Waals surface area contributed by atoms with Gasteiger partial charge in [-0.3, -0.25) is 10.1 Å². The summed E-state index contributed by atoms with van der Waals surface area (Å²) >= 11 is 3.10. The van der Waals surface area contributed by atoms with Crippen LogP contribution in [0.5, 0.6) is 5.75 Å². The van der Waals surface area contributed by atoms with Gasteiger partial charge in [0.15, 0.2) is 0 Å². The zero-order valence-electron chi connectivity index (χ0n) is 11.1. The van der Waals surface area contributed by atoms with Gasteiger partial charge in [-0.05, 0) is 34.8 Å². The quantitative estimate of drug-likeness (QED) is 0.607. The fraction of sp³-hybridized carbons (Fsp3) is 0.538. The molecule has 0 radical (unpaired) electrons. The molecule has 0 amide bonds. The van der Waals surface area contributed by atoms with Gasteiger partial charge in [-0.25, -0.2) is 4.39 Å². The fourth-order valence-electron chi connectivity index (χ4n) is 1.77. The van der Waals surface area contributed by atoms with E-state index in [1.54, 1.807) is 0 Å². The Hall–Kier alpha value is -1.21. The van der Waals surface area contributed by atoms with Gasteiger partial charge in [0, 0.05) is 18.5 Å². The first kappa shape index (κ1) is 15.2. The molecular weight excluding hydrogens is 331 g/mol. The van der Waals surface area contributed by atoms with Gasteiger partial charge in [0.1, 0.15) is 5.82 Å². The Morgan fingerprint density at radius 3 is 2.90 bits per heavy atom. The fourth-order valence-corrected chi connectivity index (χ4v) is 2.30. The van der Waals surface area contributed by atoms with Gasteiger partial charge in [-0.2, -0.15) is 0 Å². The number of nitro benzene ring substituents is 1. The molecule has 1 aliphatic rings. The summed E-state index contributed by atoms with van der Waals surface area (Å²) in [4.78, 5) is 10.3. The molecular formula is C13H16BrFN2O3. The first-order valence-electron chi connectivity index (χ1n) is 6.47. The van der Waals surface area contributed by atoms with E-state index in [9.17, 15) is 14.5 Å². The van der Waals surface area contributed by atoms with E-state index >= 15 is 0 Å². The van der Waals surface area contributed by atoms with Crippen molar-refractivity contribution in [2.75, 3.05) is 13.2 Å². The van der Waals surface area contributed by atoms with Gasteiger partial charge in [0.2, 0.25) is 5.75 Å². The average Bonchev–Trinajstić information content (AvgIpc) is 3.18. The second kappa shape index (κ2) is 6.49. The summed E-state index contributed by atoms with van der Waals surface area (Å²) in [5.41, 5.74) is -0.362. The lowest BCUT2D eigenvalue weighted by atomic mass is 10.2. The molecule has 1 fully saturated rings. The topological polar surface area (TPSA) is 64.4 Å². The van der Waals surface area contributed by atoms with Crippen molar-refractivity contribution in [3.8, 4) is 5.75 Å². The number of rotatable bonds is 7. The number of benzene rings is 1. The summed E-state index contributed by atoms with van der Waals surface area (Å²) in [6, 6.07) is 2.65. The molecule has 2 rings (SSSR count). The molecule has 110 valence electrons. The van der Waals surface area contributed by atoms with E-state index in [2.05, 4.69) is 21.2 Å². The Bertz CT molecular complexity index is 509. The van der Waals surface area contributed by atoms with Crippen LogP contribution in [0.4, 0.5) is 10.1 Å². The van der Waals surface area contributed by atoms with Gasteiger partial charge >= 0.3 is 5.69 Å². The van der Waals surface area contributed by atoms with Gasteiger partial charge < -0.3 is 10.1 Å². The summed E-state index contributed by atoms with van der Waals surface area (Å²) < 4.78 is 18.9. The van der Waals surface area contributed by atoms with Crippen molar-refractivity contribution in [2.45, 2.75) is 25.8 Å². The highest BCUT2D eigenvalue weighted by atomic mass is 79.9. The van der Waals surface area contributed by atoms with Crippen LogP contribution >= 0.6 is 15.9 Å². The van der Waals surface area contributed by atoms with E-state index in [0.29, 0.717) is 12.6 Å². The summed E-state index contributed by atoms with van der Waals surface area (Å²) in [6.45, 7) is 3.14. The number of nitrogens with zero attached hydrogens (tertiary/aromatic N) is 1. The zero-order valence-corrected chi connectivity index (χ0v) is 12.7. The normalized spacial score (nSPS) is 15.9. The van der Waals surface area contributed by atoms with Crippen LogP contribution < -0.4 is 10.1 Å². The van der Waals surface area contributed by atoms with Crippen molar-refractivity contribution in [3.63, 3.8) is 0 Å². The molecule has 0 saturated heterocycles. The van der Waals surface area contributed by atoms with Crippen molar-refractivity contribution >= 4 is 21.6 Å². The molecule has 0 heterocycles. The first-order valence-corrected chi connectivity index (χ1v) is 7.26. The molecule has 0 aromatic heterocycles. The number of hydrogen-bond acceptors (Lipinski definition) is 4. The smallest absolute Gasteiger partial charge is 0.315 e.